The van der Waals surface area contributed by atoms with Crippen molar-refractivity contribution in [3.63, 3.8) is 0 Å². The van der Waals surface area contributed by atoms with E-state index in [4.69, 9.17) is 5.26 Å². The maximum absolute atomic E-state index is 8.87. The molecule has 0 amide bonds. The Balaban J connectivity index is 2.20. The largest absolute Gasteiger partial charge is 0.343 e. The van der Waals surface area contributed by atoms with E-state index in [1.807, 2.05) is 61.5 Å². The van der Waals surface area contributed by atoms with Crippen molar-refractivity contribution in [3.05, 3.63) is 60.2 Å². The quantitative estimate of drug-likeness (QED) is 0.659. The molecule has 19 heavy (non-hydrogen) atoms. The number of amidine groups is 1. The molecule has 0 unspecified atom stereocenters. The summed E-state index contributed by atoms with van der Waals surface area (Å²) >= 11 is 0. The first kappa shape index (κ1) is 12.8. The van der Waals surface area contributed by atoms with Crippen molar-refractivity contribution in [1.82, 2.24) is 0 Å². The van der Waals surface area contributed by atoms with Crippen LogP contribution in [-0.2, 0) is 0 Å². The molecule has 2 rings (SSSR count). The van der Waals surface area contributed by atoms with Crippen molar-refractivity contribution in [3.8, 4) is 6.07 Å². The second-order valence-corrected chi connectivity index (χ2v) is 4.22. The van der Waals surface area contributed by atoms with Gasteiger partial charge in [0.1, 0.15) is 5.84 Å². The van der Waals surface area contributed by atoms with Gasteiger partial charge in [-0.2, -0.15) is 5.26 Å². The average Bonchev–Trinajstić information content (AvgIpc) is 2.43. The third kappa shape index (κ3) is 3.97. The predicted molar refractivity (Wildman–Crippen MR) is 78.6 cm³/mol. The zero-order valence-corrected chi connectivity index (χ0v) is 10.8. The Hall–Kier alpha value is -2.60. The second kappa shape index (κ2) is 6.36. The van der Waals surface area contributed by atoms with Gasteiger partial charge in [-0.25, -0.2) is 4.99 Å². The summed E-state index contributed by atoms with van der Waals surface area (Å²) in [6.45, 7) is 2.03. The molecular weight excluding hydrogens is 234 g/mol. The molecule has 0 saturated heterocycles. The van der Waals surface area contributed by atoms with Crippen LogP contribution in [0.5, 0.6) is 0 Å². The van der Waals surface area contributed by atoms with E-state index in [2.05, 4.69) is 16.4 Å². The SMILES string of the molecule is Cc1ccc(N=C(CC#N)Nc2ccccc2)cc1. The lowest BCUT2D eigenvalue weighted by molar-refractivity contribution is 1.34. The molecule has 0 bridgehead atoms. The molecule has 0 radical (unpaired) electrons. The molecule has 3 nitrogen and oxygen atoms in total. The third-order valence-corrected chi connectivity index (χ3v) is 2.61. The van der Waals surface area contributed by atoms with E-state index in [-0.39, 0.29) is 6.42 Å². The molecule has 0 aromatic heterocycles. The van der Waals surface area contributed by atoms with Gasteiger partial charge in [-0.1, -0.05) is 35.9 Å². The maximum Gasteiger partial charge on any atom is 0.121 e. The van der Waals surface area contributed by atoms with Crippen LogP contribution in [0.25, 0.3) is 0 Å². The highest BCUT2D eigenvalue weighted by Crippen LogP contribution is 2.14. The monoisotopic (exact) mass is 249 g/mol. The molecule has 0 heterocycles. The van der Waals surface area contributed by atoms with Crippen molar-refractivity contribution in [2.24, 2.45) is 4.99 Å². The first-order valence-electron chi connectivity index (χ1n) is 6.11. The Morgan fingerprint density at radius 3 is 2.42 bits per heavy atom. The summed E-state index contributed by atoms with van der Waals surface area (Å²) in [5.41, 5.74) is 2.97. The minimum absolute atomic E-state index is 0.253. The number of nitrogens with zero attached hydrogens (tertiary/aromatic N) is 2. The number of benzene rings is 2. The Kier molecular flexibility index (Phi) is 4.30. The molecule has 2 aromatic rings. The molecule has 0 aliphatic rings. The summed E-state index contributed by atoms with van der Waals surface area (Å²) in [6, 6.07) is 19.8. The molecule has 0 fully saturated rings. The van der Waals surface area contributed by atoms with Gasteiger partial charge in [0.2, 0.25) is 0 Å². The van der Waals surface area contributed by atoms with Gasteiger partial charge in [-0.15, -0.1) is 0 Å². The number of anilines is 1. The first-order chi connectivity index (χ1) is 9.28. The summed E-state index contributed by atoms with van der Waals surface area (Å²) in [4.78, 5) is 4.47. The summed E-state index contributed by atoms with van der Waals surface area (Å²) < 4.78 is 0. The highest BCUT2D eigenvalue weighted by atomic mass is 15.0. The molecule has 0 aliphatic carbocycles. The van der Waals surface area contributed by atoms with Gasteiger partial charge >= 0.3 is 0 Å². The molecule has 3 heteroatoms. The number of aryl methyl sites for hydroxylation is 1. The van der Waals surface area contributed by atoms with Crippen molar-refractivity contribution in [2.75, 3.05) is 5.32 Å². The smallest absolute Gasteiger partial charge is 0.121 e. The number of nitrogens with one attached hydrogen (secondary N) is 1. The molecule has 0 atom stereocenters. The number of hydrogen-bond acceptors (Lipinski definition) is 2. The van der Waals surface area contributed by atoms with Gasteiger partial charge in [-0.3, -0.25) is 0 Å². The Labute approximate surface area is 113 Å². The van der Waals surface area contributed by atoms with E-state index in [0.29, 0.717) is 5.84 Å². The van der Waals surface area contributed by atoms with Crippen LogP contribution in [0.3, 0.4) is 0 Å². The molecule has 0 spiro atoms. The Morgan fingerprint density at radius 1 is 1.11 bits per heavy atom. The van der Waals surface area contributed by atoms with Crippen LogP contribution in [0.1, 0.15) is 12.0 Å². The number of hydrogen-bond donors (Lipinski definition) is 1. The van der Waals surface area contributed by atoms with Crippen LogP contribution < -0.4 is 5.32 Å². The van der Waals surface area contributed by atoms with Gasteiger partial charge < -0.3 is 5.32 Å². The van der Waals surface area contributed by atoms with Crippen LogP contribution in [0.15, 0.2) is 59.6 Å². The van der Waals surface area contributed by atoms with Crippen LogP contribution in [0.4, 0.5) is 11.4 Å². The average molecular weight is 249 g/mol. The number of nitriles is 1. The molecule has 1 N–H and O–H groups in total. The molecule has 94 valence electrons. The van der Waals surface area contributed by atoms with E-state index in [1.54, 1.807) is 0 Å². The fourth-order valence-corrected chi connectivity index (χ4v) is 1.65. The summed E-state index contributed by atoms with van der Waals surface area (Å²) in [5.74, 6) is 0.651. The Morgan fingerprint density at radius 2 is 1.79 bits per heavy atom. The second-order valence-electron chi connectivity index (χ2n) is 4.22. The standard InChI is InChI=1S/C16H15N3/c1-13-7-9-15(10-8-13)19-16(11-12-17)18-14-5-3-2-4-6-14/h2-10H,11H2,1H3,(H,18,19). The van der Waals surface area contributed by atoms with Gasteiger partial charge in [0.05, 0.1) is 18.2 Å². The first-order valence-corrected chi connectivity index (χ1v) is 6.11. The van der Waals surface area contributed by atoms with Crippen LogP contribution in [0, 0.1) is 18.3 Å². The molecule has 0 aliphatic heterocycles. The third-order valence-electron chi connectivity index (χ3n) is 2.61. The van der Waals surface area contributed by atoms with Crippen molar-refractivity contribution < 1.29 is 0 Å². The topological polar surface area (TPSA) is 48.2 Å². The normalized spacial score (nSPS) is 10.8. The lowest BCUT2D eigenvalue weighted by atomic mass is 10.2. The summed E-state index contributed by atoms with van der Waals surface area (Å²) in [5, 5.41) is 12.0. The van der Waals surface area contributed by atoms with Crippen LogP contribution in [0.2, 0.25) is 0 Å². The van der Waals surface area contributed by atoms with E-state index in [0.717, 1.165) is 11.4 Å². The lowest BCUT2D eigenvalue weighted by Gasteiger charge is -2.07. The Bertz CT molecular complexity index is 592. The zero-order chi connectivity index (χ0) is 13.5. The van der Waals surface area contributed by atoms with Crippen molar-refractivity contribution >= 4 is 17.2 Å². The van der Waals surface area contributed by atoms with Gasteiger partial charge in [0.15, 0.2) is 0 Å². The van der Waals surface area contributed by atoms with Crippen molar-refractivity contribution in [1.29, 1.82) is 5.26 Å². The predicted octanol–water partition coefficient (Wildman–Crippen LogP) is 4.05. The van der Waals surface area contributed by atoms with Crippen LogP contribution in [-0.4, -0.2) is 5.84 Å². The van der Waals surface area contributed by atoms with E-state index >= 15 is 0 Å². The fraction of sp³-hybridized carbons (Fsp3) is 0.125. The number of aliphatic imine (C=N–C) groups is 1. The van der Waals surface area contributed by atoms with Crippen molar-refractivity contribution in [2.45, 2.75) is 13.3 Å². The summed E-state index contributed by atoms with van der Waals surface area (Å²) in [7, 11) is 0. The summed E-state index contributed by atoms with van der Waals surface area (Å²) in [6.07, 6.45) is 0.253. The fourth-order valence-electron chi connectivity index (χ4n) is 1.65. The number of para-hydroxylation sites is 1. The maximum atomic E-state index is 8.87. The van der Waals surface area contributed by atoms with Gasteiger partial charge in [0, 0.05) is 5.69 Å². The van der Waals surface area contributed by atoms with E-state index in [1.165, 1.54) is 5.56 Å². The molecular formula is C16H15N3. The lowest BCUT2D eigenvalue weighted by Crippen LogP contribution is -2.10. The highest BCUT2D eigenvalue weighted by Gasteiger charge is 2.00. The zero-order valence-electron chi connectivity index (χ0n) is 10.8. The highest BCUT2D eigenvalue weighted by molar-refractivity contribution is 5.98. The minimum Gasteiger partial charge on any atom is -0.343 e. The van der Waals surface area contributed by atoms with Crippen LogP contribution >= 0.6 is 0 Å². The van der Waals surface area contributed by atoms with Gasteiger partial charge in [0.25, 0.3) is 0 Å². The van der Waals surface area contributed by atoms with E-state index in [9.17, 15) is 0 Å². The minimum atomic E-state index is 0.253. The molecule has 2 aromatic carbocycles. The van der Waals surface area contributed by atoms with E-state index < -0.39 is 0 Å². The molecule has 0 saturated carbocycles. The van der Waals surface area contributed by atoms with Gasteiger partial charge in [-0.05, 0) is 31.2 Å². The number of rotatable bonds is 3.